The third-order valence-corrected chi connectivity index (χ3v) is 4.54. The molecule has 0 spiro atoms. The highest BCUT2D eigenvalue weighted by Gasteiger charge is 2.48. The fourth-order valence-corrected chi connectivity index (χ4v) is 3.38. The van der Waals surface area contributed by atoms with Gasteiger partial charge in [-0.1, -0.05) is 6.42 Å². The normalized spacial score (nSPS) is 26.2. The molecule has 0 heterocycles. The number of hydrogen-bond acceptors (Lipinski definition) is 4. The lowest BCUT2D eigenvalue weighted by Crippen LogP contribution is -2.57. The Kier molecular flexibility index (Phi) is 7.10. The van der Waals surface area contributed by atoms with Gasteiger partial charge in [0, 0.05) is 19.1 Å². The van der Waals surface area contributed by atoms with Crippen LogP contribution < -0.4 is 5.32 Å². The van der Waals surface area contributed by atoms with E-state index in [1.54, 1.807) is 0 Å². The molecule has 1 rings (SSSR count). The lowest BCUT2D eigenvalue weighted by atomic mass is 9.84. The van der Waals surface area contributed by atoms with Gasteiger partial charge in [-0.3, -0.25) is 10.1 Å². The molecule has 2 N–H and O–H groups in total. The van der Waals surface area contributed by atoms with Crippen molar-refractivity contribution in [3.63, 3.8) is 0 Å². The summed E-state index contributed by atoms with van der Waals surface area (Å²) in [5.74, 6) is -0.436. The van der Waals surface area contributed by atoms with E-state index in [1.807, 2.05) is 13.8 Å². The highest BCUT2D eigenvalue weighted by atomic mass is 16.4. The number of likely N-dealkylation sites (N-methyl/N-ethyl adjacent to an activating group) is 2. The number of aliphatic carboxylic acids is 1. The molecule has 124 valence electrons. The van der Waals surface area contributed by atoms with Gasteiger partial charge in [0.25, 0.3) is 0 Å². The maximum Gasteiger partial charge on any atom is 0.324 e. The van der Waals surface area contributed by atoms with Gasteiger partial charge in [-0.25, -0.2) is 0 Å². The first-order valence-corrected chi connectivity index (χ1v) is 8.12. The average Bonchev–Trinajstić information content (AvgIpc) is 2.77. The topological polar surface area (TPSA) is 55.8 Å². The largest absolute Gasteiger partial charge is 0.480 e. The first kappa shape index (κ1) is 18.4. The molecule has 0 saturated heterocycles. The van der Waals surface area contributed by atoms with Crippen LogP contribution in [0.4, 0.5) is 0 Å². The summed E-state index contributed by atoms with van der Waals surface area (Å²) in [7, 11) is 6.27. The van der Waals surface area contributed by atoms with Gasteiger partial charge in [-0.05, 0) is 66.7 Å². The molecule has 0 amide bonds. The third kappa shape index (κ3) is 5.24. The Morgan fingerprint density at radius 3 is 2.48 bits per heavy atom. The zero-order chi connectivity index (χ0) is 16.0. The Bertz CT molecular complexity index is 333. The van der Waals surface area contributed by atoms with Crippen molar-refractivity contribution in [2.75, 3.05) is 40.8 Å². The molecule has 0 aromatic rings. The van der Waals surface area contributed by atoms with Crippen LogP contribution in [0.5, 0.6) is 0 Å². The number of hydrogen-bond donors (Lipinski definition) is 2. The molecule has 0 aromatic carbocycles. The molecule has 21 heavy (non-hydrogen) atoms. The molecular formula is C16H33N3O2. The summed E-state index contributed by atoms with van der Waals surface area (Å²) >= 11 is 0. The van der Waals surface area contributed by atoms with Gasteiger partial charge in [-0.15, -0.1) is 0 Å². The molecule has 5 heteroatoms. The van der Waals surface area contributed by atoms with E-state index in [2.05, 4.69) is 36.3 Å². The molecule has 1 saturated carbocycles. The van der Waals surface area contributed by atoms with Crippen LogP contribution >= 0.6 is 0 Å². The zero-order valence-corrected chi connectivity index (χ0v) is 14.4. The number of carboxylic acid groups (broad SMARTS) is 1. The third-order valence-electron chi connectivity index (χ3n) is 4.54. The predicted molar refractivity (Wildman–Crippen MR) is 86.6 cm³/mol. The number of carboxylic acids is 1. The second-order valence-corrected chi connectivity index (χ2v) is 7.06. The first-order chi connectivity index (χ1) is 9.78. The fraction of sp³-hybridized carbons (Fsp3) is 0.938. The Balaban J connectivity index is 2.57. The van der Waals surface area contributed by atoms with Crippen LogP contribution in [0.15, 0.2) is 0 Å². The van der Waals surface area contributed by atoms with Crippen molar-refractivity contribution in [3.05, 3.63) is 0 Å². The van der Waals surface area contributed by atoms with Gasteiger partial charge >= 0.3 is 5.97 Å². The molecule has 5 nitrogen and oxygen atoms in total. The van der Waals surface area contributed by atoms with E-state index in [0.717, 1.165) is 45.3 Å². The van der Waals surface area contributed by atoms with Gasteiger partial charge in [0.05, 0.1) is 0 Å². The van der Waals surface area contributed by atoms with Crippen LogP contribution in [-0.4, -0.2) is 73.2 Å². The van der Waals surface area contributed by atoms with E-state index in [9.17, 15) is 9.90 Å². The van der Waals surface area contributed by atoms with Gasteiger partial charge in [0.2, 0.25) is 0 Å². The minimum Gasteiger partial charge on any atom is -0.480 e. The smallest absolute Gasteiger partial charge is 0.324 e. The van der Waals surface area contributed by atoms with Crippen LogP contribution in [0.1, 0.15) is 39.5 Å². The Hall–Kier alpha value is -0.650. The van der Waals surface area contributed by atoms with E-state index >= 15 is 0 Å². The van der Waals surface area contributed by atoms with E-state index in [4.69, 9.17) is 0 Å². The minimum absolute atomic E-state index is 0.202. The number of nitrogens with one attached hydrogen (secondary N) is 1. The Morgan fingerprint density at radius 1 is 1.29 bits per heavy atom. The number of carbonyl (C=O) groups is 1. The molecular weight excluding hydrogens is 266 g/mol. The Labute approximate surface area is 129 Å². The average molecular weight is 299 g/mol. The summed E-state index contributed by atoms with van der Waals surface area (Å²) in [6, 6.07) is 0.202. The summed E-state index contributed by atoms with van der Waals surface area (Å²) in [5, 5.41) is 13.1. The van der Waals surface area contributed by atoms with E-state index in [-0.39, 0.29) is 12.0 Å². The fourth-order valence-electron chi connectivity index (χ4n) is 3.38. The van der Waals surface area contributed by atoms with E-state index in [0.29, 0.717) is 0 Å². The second kappa shape index (κ2) is 8.11. The van der Waals surface area contributed by atoms with Crippen LogP contribution in [0.2, 0.25) is 0 Å². The van der Waals surface area contributed by atoms with Crippen molar-refractivity contribution in [2.45, 2.75) is 51.1 Å². The molecule has 0 bridgehead atoms. The van der Waals surface area contributed by atoms with E-state index < -0.39 is 11.5 Å². The summed E-state index contributed by atoms with van der Waals surface area (Å²) in [4.78, 5) is 16.3. The monoisotopic (exact) mass is 299 g/mol. The van der Waals surface area contributed by atoms with E-state index in [1.165, 1.54) is 0 Å². The molecule has 0 aromatic heterocycles. The summed E-state index contributed by atoms with van der Waals surface area (Å²) in [6.07, 6.45) is 3.74. The first-order valence-electron chi connectivity index (χ1n) is 8.12. The van der Waals surface area contributed by atoms with Crippen molar-refractivity contribution in [2.24, 2.45) is 5.92 Å². The SMILES string of the molecule is CC(C)NC1(C(=O)O)CCCC1CCN(C)CCN(C)C. The van der Waals surface area contributed by atoms with Gasteiger partial charge < -0.3 is 14.9 Å². The van der Waals surface area contributed by atoms with Crippen LogP contribution in [0.25, 0.3) is 0 Å². The lowest BCUT2D eigenvalue weighted by Gasteiger charge is -2.35. The highest BCUT2D eigenvalue weighted by Crippen LogP contribution is 2.38. The van der Waals surface area contributed by atoms with Gasteiger partial charge in [0.1, 0.15) is 5.54 Å². The van der Waals surface area contributed by atoms with Crippen LogP contribution in [0, 0.1) is 5.92 Å². The molecule has 0 radical (unpaired) electrons. The maximum atomic E-state index is 11.8. The summed E-state index contributed by atoms with van der Waals surface area (Å²) < 4.78 is 0. The standard InChI is InChI=1S/C16H33N3O2/c1-13(2)17-16(15(20)21)9-6-7-14(16)8-10-19(5)12-11-18(3)4/h13-14,17H,6-12H2,1-5H3,(H,20,21). The highest BCUT2D eigenvalue weighted by molar-refractivity contribution is 5.79. The summed E-state index contributed by atoms with van der Waals surface area (Å²) in [5.41, 5.74) is -0.712. The summed E-state index contributed by atoms with van der Waals surface area (Å²) in [6.45, 7) is 7.09. The van der Waals surface area contributed by atoms with Crippen molar-refractivity contribution in [3.8, 4) is 0 Å². The van der Waals surface area contributed by atoms with Crippen molar-refractivity contribution < 1.29 is 9.90 Å². The molecule has 2 atom stereocenters. The molecule has 0 aliphatic heterocycles. The van der Waals surface area contributed by atoms with Gasteiger partial charge in [-0.2, -0.15) is 0 Å². The molecule has 1 aliphatic carbocycles. The second-order valence-electron chi connectivity index (χ2n) is 7.06. The van der Waals surface area contributed by atoms with Crippen molar-refractivity contribution in [1.29, 1.82) is 0 Å². The molecule has 1 aliphatic rings. The zero-order valence-electron chi connectivity index (χ0n) is 14.4. The van der Waals surface area contributed by atoms with Crippen LogP contribution in [-0.2, 0) is 4.79 Å². The van der Waals surface area contributed by atoms with Gasteiger partial charge in [0.15, 0.2) is 0 Å². The van der Waals surface area contributed by atoms with Crippen molar-refractivity contribution >= 4 is 5.97 Å². The molecule has 1 fully saturated rings. The van der Waals surface area contributed by atoms with Crippen molar-refractivity contribution in [1.82, 2.24) is 15.1 Å². The quantitative estimate of drug-likeness (QED) is 0.675. The predicted octanol–water partition coefficient (Wildman–Crippen LogP) is 1.49. The maximum absolute atomic E-state index is 11.8. The Morgan fingerprint density at radius 2 is 1.95 bits per heavy atom. The lowest BCUT2D eigenvalue weighted by molar-refractivity contribution is -0.147. The molecule has 2 unspecified atom stereocenters. The minimum atomic E-state index is -0.712. The number of nitrogens with zero attached hydrogens (tertiary/aromatic N) is 2. The number of rotatable bonds is 9. The van der Waals surface area contributed by atoms with Crippen LogP contribution in [0.3, 0.4) is 0 Å².